The summed E-state index contributed by atoms with van der Waals surface area (Å²) in [6.45, 7) is 3.64. The van der Waals surface area contributed by atoms with Crippen LogP contribution in [0.5, 0.6) is 0 Å². The van der Waals surface area contributed by atoms with E-state index >= 15 is 0 Å². The molecule has 5 heteroatoms. The number of hydrogen-bond donors (Lipinski definition) is 1. The lowest BCUT2D eigenvalue weighted by Gasteiger charge is -2.23. The first-order chi connectivity index (χ1) is 8.88. The van der Waals surface area contributed by atoms with Crippen LogP contribution in [0.3, 0.4) is 0 Å². The molecule has 1 N–H and O–H groups in total. The van der Waals surface area contributed by atoms with Crippen molar-refractivity contribution in [2.75, 3.05) is 13.1 Å². The molecule has 2 aliphatic heterocycles. The van der Waals surface area contributed by atoms with Gasteiger partial charge in [-0.15, -0.1) is 23.7 Å². The number of thiazole rings is 1. The van der Waals surface area contributed by atoms with Gasteiger partial charge < -0.3 is 5.32 Å². The molecule has 4 rings (SSSR count). The predicted molar refractivity (Wildman–Crippen MR) is 81.2 cm³/mol. The van der Waals surface area contributed by atoms with Gasteiger partial charge in [-0.25, -0.2) is 4.98 Å². The Morgan fingerprint density at radius 2 is 2.05 bits per heavy atom. The first kappa shape index (κ1) is 13.8. The molecule has 3 aliphatic rings. The van der Waals surface area contributed by atoms with Crippen LogP contribution in [0.1, 0.15) is 48.6 Å². The highest BCUT2D eigenvalue weighted by Crippen LogP contribution is 2.42. The molecule has 1 saturated carbocycles. The third-order valence-electron chi connectivity index (χ3n) is 4.61. The minimum Gasteiger partial charge on any atom is -0.310 e. The Balaban J connectivity index is 0.00000110. The van der Waals surface area contributed by atoms with E-state index in [1.807, 2.05) is 16.8 Å². The summed E-state index contributed by atoms with van der Waals surface area (Å²) in [5.74, 6) is 0.799. The monoisotopic (exact) mass is 299 g/mol. The van der Waals surface area contributed by atoms with E-state index in [4.69, 9.17) is 0 Å². The molecule has 0 amide bonds. The summed E-state index contributed by atoms with van der Waals surface area (Å²) in [7, 11) is 0. The smallest absolute Gasteiger partial charge is 0.0798 e. The third-order valence-corrected chi connectivity index (χ3v) is 5.44. The second-order valence-corrected chi connectivity index (χ2v) is 7.04. The van der Waals surface area contributed by atoms with Gasteiger partial charge in [0.05, 0.1) is 11.2 Å². The maximum Gasteiger partial charge on any atom is 0.0798 e. The van der Waals surface area contributed by atoms with E-state index in [2.05, 4.69) is 15.2 Å². The van der Waals surface area contributed by atoms with Crippen LogP contribution in [0.2, 0.25) is 0 Å². The largest absolute Gasteiger partial charge is 0.310 e. The van der Waals surface area contributed by atoms with Crippen molar-refractivity contribution < 1.29 is 0 Å². The second kappa shape index (κ2) is 5.68. The molecule has 19 heavy (non-hydrogen) atoms. The van der Waals surface area contributed by atoms with Gasteiger partial charge in [-0.2, -0.15) is 0 Å². The van der Waals surface area contributed by atoms with Crippen molar-refractivity contribution in [3.8, 4) is 0 Å². The molecule has 3 nitrogen and oxygen atoms in total. The number of nitrogens with zero attached hydrogens (tertiary/aromatic N) is 2. The maximum absolute atomic E-state index is 4.59. The number of hydrogen-bond acceptors (Lipinski definition) is 4. The Bertz CT molecular complexity index is 432. The highest BCUT2D eigenvalue weighted by Gasteiger charge is 2.32. The van der Waals surface area contributed by atoms with E-state index in [9.17, 15) is 0 Å². The van der Waals surface area contributed by atoms with E-state index in [0.717, 1.165) is 24.5 Å². The van der Waals surface area contributed by atoms with Crippen LogP contribution in [0.25, 0.3) is 0 Å². The van der Waals surface area contributed by atoms with Gasteiger partial charge in [-0.1, -0.05) is 0 Å². The normalized spacial score (nSPS) is 30.9. The third kappa shape index (κ3) is 2.97. The minimum atomic E-state index is 0. The maximum atomic E-state index is 4.59. The highest BCUT2D eigenvalue weighted by molar-refractivity contribution is 7.09. The summed E-state index contributed by atoms with van der Waals surface area (Å²) in [5, 5.41) is 3.76. The summed E-state index contributed by atoms with van der Waals surface area (Å²) in [6.07, 6.45) is 6.83. The van der Waals surface area contributed by atoms with Gasteiger partial charge in [0.2, 0.25) is 0 Å². The Hall–Kier alpha value is -0.160. The Morgan fingerprint density at radius 1 is 1.21 bits per heavy atom. The lowest BCUT2D eigenvalue weighted by molar-refractivity contribution is 0.252. The molecule has 3 fully saturated rings. The van der Waals surface area contributed by atoms with Crippen LogP contribution in [-0.4, -0.2) is 35.1 Å². The van der Waals surface area contributed by atoms with Crippen molar-refractivity contribution in [3.05, 3.63) is 16.1 Å². The van der Waals surface area contributed by atoms with Crippen molar-refractivity contribution in [2.24, 2.45) is 0 Å². The molecule has 2 bridgehead atoms. The molecule has 2 saturated heterocycles. The van der Waals surface area contributed by atoms with Crippen LogP contribution in [-0.2, 0) is 6.54 Å². The van der Waals surface area contributed by atoms with Crippen molar-refractivity contribution in [3.63, 3.8) is 0 Å². The lowest BCUT2D eigenvalue weighted by atomic mass is 10.1. The fourth-order valence-electron chi connectivity index (χ4n) is 3.45. The molecule has 1 aromatic heterocycles. The van der Waals surface area contributed by atoms with E-state index in [0.29, 0.717) is 0 Å². The summed E-state index contributed by atoms with van der Waals surface area (Å²) in [6, 6.07) is 1.54. The summed E-state index contributed by atoms with van der Waals surface area (Å²) >= 11 is 1.87. The van der Waals surface area contributed by atoms with E-state index in [1.54, 1.807) is 0 Å². The molecule has 1 aromatic rings. The average Bonchev–Trinajstić information content (AvgIpc) is 2.99. The summed E-state index contributed by atoms with van der Waals surface area (Å²) in [4.78, 5) is 8.78. The van der Waals surface area contributed by atoms with Crippen LogP contribution in [0.4, 0.5) is 0 Å². The number of rotatable bonds is 3. The Labute approximate surface area is 125 Å². The van der Waals surface area contributed by atoms with Gasteiger partial charge >= 0.3 is 0 Å². The van der Waals surface area contributed by atoms with Gasteiger partial charge in [0.25, 0.3) is 0 Å². The zero-order valence-corrected chi connectivity index (χ0v) is 12.8. The first-order valence-electron chi connectivity index (χ1n) is 7.29. The number of nitrogens with one attached hydrogen (secondary N) is 1. The number of halogens is 1. The molecular formula is C14H22ClN3S. The van der Waals surface area contributed by atoms with Gasteiger partial charge in [0.15, 0.2) is 0 Å². The van der Waals surface area contributed by atoms with E-state index in [-0.39, 0.29) is 12.4 Å². The number of fused-ring (bicyclic) bond motifs is 2. The number of aromatic nitrogens is 1. The van der Waals surface area contributed by atoms with E-state index in [1.165, 1.54) is 55.8 Å². The SMILES string of the molecule is Cl.c1nc(C2CC2)c(CN2CCC3CCC(C2)N3)s1. The average molecular weight is 300 g/mol. The standard InChI is InChI=1S/C14H21N3S.ClH/c1-2-10(1)14-13(18-9-15-14)8-17-6-5-11-3-4-12(7-17)16-11;/h9-12,16H,1-8H2;1H. The highest BCUT2D eigenvalue weighted by atomic mass is 35.5. The zero-order chi connectivity index (χ0) is 11.9. The van der Waals surface area contributed by atoms with Gasteiger partial charge in [0, 0.05) is 42.5 Å². The second-order valence-electron chi connectivity index (χ2n) is 6.10. The minimum absolute atomic E-state index is 0. The van der Waals surface area contributed by atoms with Gasteiger partial charge in [-0.05, 0) is 32.1 Å². The molecular weight excluding hydrogens is 278 g/mol. The fraction of sp³-hybridized carbons (Fsp3) is 0.786. The molecule has 0 radical (unpaired) electrons. The lowest BCUT2D eigenvalue weighted by Crippen LogP contribution is -2.34. The molecule has 106 valence electrons. The predicted octanol–water partition coefficient (Wildman–Crippen LogP) is 2.77. The van der Waals surface area contributed by atoms with Crippen molar-refractivity contribution in [1.29, 1.82) is 0 Å². The summed E-state index contributed by atoms with van der Waals surface area (Å²) in [5.41, 5.74) is 3.47. The van der Waals surface area contributed by atoms with E-state index < -0.39 is 0 Å². The molecule has 1 aliphatic carbocycles. The van der Waals surface area contributed by atoms with Crippen LogP contribution < -0.4 is 5.32 Å². The molecule has 0 aromatic carbocycles. The quantitative estimate of drug-likeness (QED) is 0.930. The number of likely N-dealkylation sites (tertiary alicyclic amines) is 1. The Kier molecular flexibility index (Phi) is 4.13. The van der Waals surface area contributed by atoms with Crippen molar-refractivity contribution in [1.82, 2.24) is 15.2 Å². The molecule has 2 unspecified atom stereocenters. The van der Waals surface area contributed by atoms with Crippen LogP contribution in [0, 0.1) is 0 Å². The molecule has 3 heterocycles. The topological polar surface area (TPSA) is 28.2 Å². The van der Waals surface area contributed by atoms with Crippen molar-refractivity contribution in [2.45, 2.75) is 56.7 Å². The summed E-state index contributed by atoms with van der Waals surface area (Å²) < 4.78 is 0. The van der Waals surface area contributed by atoms with Gasteiger partial charge in [-0.3, -0.25) is 4.90 Å². The van der Waals surface area contributed by atoms with Crippen molar-refractivity contribution >= 4 is 23.7 Å². The zero-order valence-electron chi connectivity index (χ0n) is 11.2. The van der Waals surface area contributed by atoms with Crippen LogP contribution >= 0.6 is 23.7 Å². The molecule has 2 atom stereocenters. The van der Waals surface area contributed by atoms with Crippen LogP contribution in [0.15, 0.2) is 5.51 Å². The first-order valence-corrected chi connectivity index (χ1v) is 8.17. The van der Waals surface area contributed by atoms with Gasteiger partial charge in [0.1, 0.15) is 0 Å². The Morgan fingerprint density at radius 3 is 2.89 bits per heavy atom. The fourth-order valence-corrected chi connectivity index (χ4v) is 4.34. The molecule has 0 spiro atoms.